The highest BCUT2D eigenvalue weighted by molar-refractivity contribution is 6.51. The van der Waals surface area contributed by atoms with Gasteiger partial charge in [-0.3, -0.25) is 0 Å². The molecule has 0 bridgehead atoms. The number of aliphatic hydroxyl groups is 2. The summed E-state index contributed by atoms with van der Waals surface area (Å²) in [5, 5.41) is 25.4. The van der Waals surface area contributed by atoms with Gasteiger partial charge in [0.05, 0.1) is 12.5 Å². The molecule has 6 heteroatoms. The third-order valence-electron chi connectivity index (χ3n) is 1.04. The van der Waals surface area contributed by atoms with Gasteiger partial charge in [0.25, 0.3) is 9.04 Å². The van der Waals surface area contributed by atoms with Crippen molar-refractivity contribution in [2.75, 3.05) is 12.5 Å². The molecule has 5 nitrogen and oxygen atoms in total. The SMILES string of the molecule is CC(O[Si](CO)CO)C(=O)O. The Morgan fingerprint density at radius 2 is 2.00 bits per heavy atom. The van der Waals surface area contributed by atoms with Crippen LogP contribution in [0.5, 0.6) is 0 Å². The summed E-state index contributed by atoms with van der Waals surface area (Å²) in [5.41, 5.74) is 0. The van der Waals surface area contributed by atoms with Crippen LogP contribution in [0.1, 0.15) is 6.92 Å². The van der Waals surface area contributed by atoms with Gasteiger partial charge in [-0.25, -0.2) is 4.79 Å². The fraction of sp³-hybridized carbons (Fsp3) is 0.800. The van der Waals surface area contributed by atoms with E-state index in [0.29, 0.717) is 0 Å². The summed E-state index contributed by atoms with van der Waals surface area (Å²) in [6, 6.07) is 0. The lowest BCUT2D eigenvalue weighted by atomic mass is 10.4. The molecule has 0 spiro atoms. The van der Waals surface area contributed by atoms with E-state index in [0.717, 1.165) is 0 Å². The van der Waals surface area contributed by atoms with Gasteiger partial charge >= 0.3 is 5.97 Å². The molecule has 11 heavy (non-hydrogen) atoms. The zero-order valence-electron chi connectivity index (χ0n) is 6.15. The first kappa shape index (κ1) is 10.6. The predicted octanol–water partition coefficient (Wildman–Crippen LogP) is -1.47. The molecule has 1 radical (unpaired) electrons. The average molecular weight is 179 g/mol. The standard InChI is InChI=1S/C5H11O5Si/c1-4(5(8)9)10-11(2-6)3-7/h4,6-7H,2-3H2,1H3,(H,8,9). The summed E-state index contributed by atoms with van der Waals surface area (Å²) in [5.74, 6) is -1.09. The second-order valence-electron chi connectivity index (χ2n) is 1.95. The molecule has 0 aromatic heterocycles. The predicted molar refractivity (Wildman–Crippen MR) is 38.1 cm³/mol. The molecule has 1 atom stereocenters. The highest BCUT2D eigenvalue weighted by Crippen LogP contribution is 1.93. The van der Waals surface area contributed by atoms with E-state index in [9.17, 15) is 4.79 Å². The van der Waals surface area contributed by atoms with Crippen LogP contribution in [0.25, 0.3) is 0 Å². The van der Waals surface area contributed by atoms with Gasteiger partial charge < -0.3 is 19.7 Å². The lowest BCUT2D eigenvalue weighted by Gasteiger charge is -2.13. The number of hydrogen-bond donors (Lipinski definition) is 3. The zero-order chi connectivity index (χ0) is 8.85. The number of carbonyl (C=O) groups is 1. The average Bonchev–Trinajstić information content (AvgIpc) is 1.99. The van der Waals surface area contributed by atoms with Crippen molar-refractivity contribution >= 4 is 15.0 Å². The monoisotopic (exact) mass is 179 g/mol. The number of aliphatic carboxylic acids is 1. The minimum atomic E-state index is -1.74. The maximum Gasteiger partial charge on any atom is 0.331 e. The normalized spacial score (nSPS) is 13.5. The summed E-state index contributed by atoms with van der Waals surface area (Å²) in [4.78, 5) is 10.2. The fourth-order valence-electron chi connectivity index (χ4n) is 0.425. The van der Waals surface area contributed by atoms with E-state index < -0.39 is 21.1 Å². The molecular formula is C5H11O5Si. The first-order valence-corrected chi connectivity index (χ1v) is 4.90. The minimum absolute atomic E-state index is 0.279. The fourth-order valence-corrected chi connectivity index (χ4v) is 1.27. The van der Waals surface area contributed by atoms with Crippen LogP contribution in [0.2, 0.25) is 0 Å². The first-order chi connectivity index (χ1) is 5.11. The molecule has 0 amide bonds. The number of rotatable bonds is 5. The molecule has 0 fully saturated rings. The van der Waals surface area contributed by atoms with Crippen LogP contribution in [0, 0.1) is 0 Å². The van der Waals surface area contributed by atoms with Crippen molar-refractivity contribution in [3.05, 3.63) is 0 Å². The van der Waals surface area contributed by atoms with Gasteiger partial charge in [0.1, 0.15) is 6.10 Å². The molecule has 0 rings (SSSR count). The van der Waals surface area contributed by atoms with Gasteiger partial charge in [-0.2, -0.15) is 0 Å². The van der Waals surface area contributed by atoms with Gasteiger partial charge in [0, 0.05) is 0 Å². The Morgan fingerprint density at radius 1 is 1.55 bits per heavy atom. The molecule has 0 saturated carbocycles. The zero-order valence-corrected chi connectivity index (χ0v) is 7.15. The molecule has 0 aliphatic carbocycles. The van der Waals surface area contributed by atoms with E-state index in [4.69, 9.17) is 19.7 Å². The van der Waals surface area contributed by atoms with Crippen LogP contribution in [0.4, 0.5) is 0 Å². The number of carboxylic acids is 1. The Morgan fingerprint density at radius 3 is 2.27 bits per heavy atom. The Bertz CT molecular complexity index is 124. The van der Waals surface area contributed by atoms with Crippen LogP contribution < -0.4 is 0 Å². The van der Waals surface area contributed by atoms with E-state index >= 15 is 0 Å². The second-order valence-corrected chi connectivity index (χ2v) is 3.90. The summed E-state index contributed by atoms with van der Waals surface area (Å²) in [7, 11) is -1.74. The molecule has 65 valence electrons. The molecule has 0 saturated heterocycles. The topological polar surface area (TPSA) is 87.0 Å². The lowest BCUT2D eigenvalue weighted by Crippen LogP contribution is -2.35. The molecule has 0 aromatic rings. The van der Waals surface area contributed by atoms with E-state index in [-0.39, 0.29) is 12.5 Å². The minimum Gasteiger partial charge on any atom is -0.479 e. The third-order valence-corrected chi connectivity index (χ3v) is 2.44. The summed E-state index contributed by atoms with van der Waals surface area (Å²) in [6.45, 7) is 1.36. The van der Waals surface area contributed by atoms with E-state index in [2.05, 4.69) is 0 Å². The maximum absolute atomic E-state index is 10.2. The Hall–Kier alpha value is -0.433. The van der Waals surface area contributed by atoms with Gasteiger partial charge in [0.2, 0.25) is 0 Å². The van der Waals surface area contributed by atoms with Gasteiger partial charge in [0.15, 0.2) is 0 Å². The summed E-state index contributed by atoms with van der Waals surface area (Å²) in [6.07, 6.45) is -1.51. The second kappa shape index (κ2) is 5.25. The highest BCUT2D eigenvalue weighted by Gasteiger charge is 2.18. The van der Waals surface area contributed by atoms with Crippen molar-refractivity contribution in [1.29, 1.82) is 0 Å². The quantitative estimate of drug-likeness (QED) is 0.448. The molecule has 0 heterocycles. The smallest absolute Gasteiger partial charge is 0.331 e. The van der Waals surface area contributed by atoms with E-state index in [1.165, 1.54) is 6.92 Å². The Balaban J connectivity index is 3.71. The molecule has 3 N–H and O–H groups in total. The van der Waals surface area contributed by atoms with Crippen molar-refractivity contribution in [2.45, 2.75) is 13.0 Å². The molecular weight excluding hydrogens is 168 g/mol. The van der Waals surface area contributed by atoms with Gasteiger partial charge in [-0.15, -0.1) is 0 Å². The Kier molecular flexibility index (Phi) is 5.04. The van der Waals surface area contributed by atoms with Crippen LogP contribution in [0.15, 0.2) is 0 Å². The van der Waals surface area contributed by atoms with E-state index in [1.807, 2.05) is 0 Å². The molecule has 0 aliphatic rings. The van der Waals surface area contributed by atoms with Crippen molar-refractivity contribution in [3.8, 4) is 0 Å². The lowest BCUT2D eigenvalue weighted by molar-refractivity contribution is -0.144. The highest BCUT2D eigenvalue weighted by atomic mass is 28.3. The van der Waals surface area contributed by atoms with Crippen molar-refractivity contribution < 1.29 is 24.5 Å². The Labute approximate surface area is 66.0 Å². The van der Waals surface area contributed by atoms with Crippen molar-refractivity contribution in [2.24, 2.45) is 0 Å². The molecule has 1 unspecified atom stereocenters. The first-order valence-electron chi connectivity index (χ1n) is 3.07. The van der Waals surface area contributed by atoms with Crippen LogP contribution in [-0.2, 0) is 9.22 Å². The van der Waals surface area contributed by atoms with Crippen LogP contribution in [-0.4, -0.2) is 48.9 Å². The number of carboxylic acid groups (broad SMARTS) is 1. The third kappa shape index (κ3) is 4.09. The van der Waals surface area contributed by atoms with Gasteiger partial charge in [-0.1, -0.05) is 0 Å². The number of aliphatic hydroxyl groups excluding tert-OH is 2. The van der Waals surface area contributed by atoms with E-state index in [1.54, 1.807) is 0 Å². The number of hydrogen-bond acceptors (Lipinski definition) is 4. The van der Waals surface area contributed by atoms with Crippen molar-refractivity contribution in [3.63, 3.8) is 0 Å². The van der Waals surface area contributed by atoms with Crippen molar-refractivity contribution in [1.82, 2.24) is 0 Å². The molecule has 0 aromatic carbocycles. The summed E-state index contributed by atoms with van der Waals surface area (Å²) < 4.78 is 4.81. The largest absolute Gasteiger partial charge is 0.479 e. The maximum atomic E-state index is 10.2. The summed E-state index contributed by atoms with van der Waals surface area (Å²) >= 11 is 0. The van der Waals surface area contributed by atoms with Crippen LogP contribution in [0.3, 0.4) is 0 Å². The van der Waals surface area contributed by atoms with Crippen LogP contribution >= 0.6 is 0 Å². The van der Waals surface area contributed by atoms with Gasteiger partial charge in [-0.05, 0) is 6.92 Å². The molecule has 0 aliphatic heterocycles.